The Balaban J connectivity index is 1.77. The number of hydrogen-bond acceptors (Lipinski definition) is 4. The number of amides is 1. The third kappa shape index (κ3) is 4.51. The van der Waals surface area contributed by atoms with E-state index in [1.807, 2.05) is 49.7 Å². The molecule has 25 heavy (non-hydrogen) atoms. The van der Waals surface area contributed by atoms with Crippen LogP contribution in [0.2, 0.25) is 0 Å². The van der Waals surface area contributed by atoms with Gasteiger partial charge in [-0.3, -0.25) is 0 Å². The average molecular weight is 345 g/mol. The molecule has 2 heterocycles. The number of nitrogens with zero attached hydrogens (tertiary/aromatic N) is 3. The second-order valence-electron chi connectivity index (χ2n) is 7.85. The molecular weight excluding hydrogens is 318 g/mol. The molecular formula is C19H27N3O3. The SMILES string of the molecule is CC(C)(C)OC(=O)N(Cc1ccc2nc(CO)cn2c1)CC1CCC1. The predicted molar refractivity (Wildman–Crippen MR) is 95.1 cm³/mol. The first-order valence-electron chi connectivity index (χ1n) is 8.89. The van der Waals surface area contributed by atoms with Gasteiger partial charge in [-0.2, -0.15) is 0 Å². The van der Waals surface area contributed by atoms with Crippen molar-refractivity contribution in [2.24, 2.45) is 5.92 Å². The second kappa shape index (κ2) is 7.04. The number of aliphatic hydroxyl groups is 1. The van der Waals surface area contributed by atoms with Gasteiger partial charge in [-0.05, 0) is 51.2 Å². The highest BCUT2D eigenvalue weighted by Gasteiger charge is 2.27. The number of aromatic nitrogens is 2. The molecule has 2 aromatic rings. The molecule has 1 N–H and O–H groups in total. The van der Waals surface area contributed by atoms with E-state index in [-0.39, 0.29) is 12.7 Å². The average Bonchev–Trinajstić information content (AvgIpc) is 2.90. The van der Waals surface area contributed by atoms with Crippen LogP contribution in [0.4, 0.5) is 4.79 Å². The Labute approximate surface area is 148 Å². The van der Waals surface area contributed by atoms with E-state index in [2.05, 4.69) is 4.98 Å². The Morgan fingerprint density at radius 2 is 2.12 bits per heavy atom. The molecule has 6 nitrogen and oxygen atoms in total. The summed E-state index contributed by atoms with van der Waals surface area (Å²) in [6.07, 6.45) is 7.11. The smallest absolute Gasteiger partial charge is 0.410 e. The maximum atomic E-state index is 12.6. The molecule has 0 radical (unpaired) electrons. The topological polar surface area (TPSA) is 67.1 Å². The molecule has 0 atom stereocenters. The van der Waals surface area contributed by atoms with Crippen molar-refractivity contribution in [1.82, 2.24) is 14.3 Å². The molecule has 1 fully saturated rings. The lowest BCUT2D eigenvalue weighted by molar-refractivity contribution is 0.0173. The van der Waals surface area contributed by atoms with Gasteiger partial charge in [0.15, 0.2) is 0 Å². The van der Waals surface area contributed by atoms with Gasteiger partial charge in [0.1, 0.15) is 11.2 Å². The van der Waals surface area contributed by atoms with Crippen LogP contribution in [0, 0.1) is 5.92 Å². The van der Waals surface area contributed by atoms with E-state index in [4.69, 9.17) is 4.74 Å². The van der Waals surface area contributed by atoms with E-state index in [9.17, 15) is 9.90 Å². The molecule has 6 heteroatoms. The van der Waals surface area contributed by atoms with Crippen LogP contribution >= 0.6 is 0 Å². The lowest BCUT2D eigenvalue weighted by Crippen LogP contribution is -2.40. The van der Waals surface area contributed by atoms with Crippen LogP contribution in [0.15, 0.2) is 24.5 Å². The fourth-order valence-electron chi connectivity index (χ4n) is 3.00. The molecule has 2 aromatic heterocycles. The Kier molecular flexibility index (Phi) is 4.99. The Hall–Kier alpha value is -2.08. The number of rotatable bonds is 5. The van der Waals surface area contributed by atoms with Gasteiger partial charge in [-0.25, -0.2) is 9.78 Å². The number of fused-ring (bicyclic) bond motifs is 1. The highest BCUT2D eigenvalue weighted by atomic mass is 16.6. The summed E-state index contributed by atoms with van der Waals surface area (Å²) in [5, 5.41) is 9.22. The Morgan fingerprint density at radius 3 is 2.72 bits per heavy atom. The van der Waals surface area contributed by atoms with Gasteiger partial charge >= 0.3 is 6.09 Å². The van der Waals surface area contributed by atoms with Crippen LogP contribution in [0.3, 0.4) is 0 Å². The Morgan fingerprint density at radius 1 is 1.36 bits per heavy atom. The number of aliphatic hydroxyl groups excluding tert-OH is 1. The quantitative estimate of drug-likeness (QED) is 0.902. The summed E-state index contributed by atoms with van der Waals surface area (Å²) < 4.78 is 7.47. The van der Waals surface area contributed by atoms with Gasteiger partial charge in [-0.1, -0.05) is 12.5 Å². The second-order valence-corrected chi connectivity index (χ2v) is 7.85. The summed E-state index contributed by atoms with van der Waals surface area (Å²) >= 11 is 0. The van der Waals surface area contributed by atoms with Gasteiger partial charge < -0.3 is 19.1 Å². The summed E-state index contributed by atoms with van der Waals surface area (Å²) in [5.74, 6) is 0.575. The molecule has 0 bridgehead atoms. The van der Waals surface area contributed by atoms with Crippen molar-refractivity contribution >= 4 is 11.7 Å². The largest absolute Gasteiger partial charge is 0.444 e. The molecule has 3 rings (SSSR count). The summed E-state index contributed by atoms with van der Waals surface area (Å²) in [6, 6.07) is 3.88. The summed E-state index contributed by atoms with van der Waals surface area (Å²) in [4.78, 5) is 18.7. The van der Waals surface area contributed by atoms with Gasteiger partial charge in [0, 0.05) is 18.9 Å². The van der Waals surface area contributed by atoms with Crippen LogP contribution in [0.1, 0.15) is 51.3 Å². The van der Waals surface area contributed by atoms with E-state index in [0.29, 0.717) is 18.2 Å². The van der Waals surface area contributed by atoms with E-state index in [1.54, 1.807) is 4.90 Å². The lowest BCUT2D eigenvalue weighted by Gasteiger charge is -2.33. The van der Waals surface area contributed by atoms with Crippen molar-refractivity contribution in [2.45, 2.75) is 58.8 Å². The lowest BCUT2D eigenvalue weighted by atomic mass is 9.85. The number of pyridine rings is 1. The fourth-order valence-corrected chi connectivity index (χ4v) is 3.00. The van der Waals surface area contributed by atoms with Crippen molar-refractivity contribution in [1.29, 1.82) is 0 Å². The van der Waals surface area contributed by atoms with Crippen LogP contribution in [-0.2, 0) is 17.9 Å². The standard InChI is InChI=1S/C19H27N3O3/c1-19(2,3)25-18(24)22(9-14-5-4-6-14)11-15-7-8-17-20-16(13-23)12-21(17)10-15/h7-8,10,12,14,23H,4-6,9,11,13H2,1-3H3. The molecule has 136 valence electrons. The Bertz CT molecular complexity index is 744. The maximum Gasteiger partial charge on any atom is 0.410 e. The van der Waals surface area contributed by atoms with E-state index in [0.717, 1.165) is 17.8 Å². The molecule has 0 aliphatic heterocycles. The number of ether oxygens (including phenoxy) is 1. The van der Waals surface area contributed by atoms with Gasteiger partial charge in [0.25, 0.3) is 0 Å². The monoisotopic (exact) mass is 345 g/mol. The molecule has 0 spiro atoms. The number of hydrogen-bond donors (Lipinski definition) is 1. The van der Waals surface area contributed by atoms with Gasteiger partial charge in [-0.15, -0.1) is 0 Å². The molecule has 1 aliphatic carbocycles. The van der Waals surface area contributed by atoms with E-state index < -0.39 is 5.60 Å². The number of carbonyl (C=O) groups excluding carboxylic acids is 1. The highest BCUT2D eigenvalue weighted by molar-refractivity contribution is 5.68. The van der Waals surface area contributed by atoms with E-state index >= 15 is 0 Å². The van der Waals surface area contributed by atoms with Crippen molar-refractivity contribution in [2.75, 3.05) is 6.54 Å². The van der Waals surface area contributed by atoms with Crippen molar-refractivity contribution < 1.29 is 14.6 Å². The molecule has 1 aliphatic rings. The van der Waals surface area contributed by atoms with E-state index in [1.165, 1.54) is 19.3 Å². The minimum atomic E-state index is -0.501. The normalized spacial score (nSPS) is 15.2. The minimum absolute atomic E-state index is 0.0806. The first kappa shape index (κ1) is 17.7. The molecule has 1 saturated carbocycles. The third-order valence-electron chi connectivity index (χ3n) is 4.45. The zero-order chi connectivity index (χ0) is 18.0. The van der Waals surface area contributed by atoms with Gasteiger partial charge in [0.2, 0.25) is 0 Å². The number of carbonyl (C=O) groups is 1. The molecule has 0 aromatic carbocycles. The first-order valence-corrected chi connectivity index (χ1v) is 8.89. The van der Waals surface area contributed by atoms with Crippen LogP contribution in [-0.4, -0.2) is 37.6 Å². The zero-order valence-electron chi connectivity index (χ0n) is 15.2. The highest BCUT2D eigenvalue weighted by Crippen LogP contribution is 2.28. The van der Waals surface area contributed by atoms with Crippen molar-refractivity contribution in [3.8, 4) is 0 Å². The van der Waals surface area contributed by atoms with Crippen molar-refractivity contribution in [3.05, 3.63) is 35.8 Å². The maximum absolute atomic E-state index is 12.6. The fraction of sp³-hybridized carbons (Fsp3) is 0.579. The van der Waals surface area contributed by atoms with Crippen LogP contribution in [0.5, 0.6) is 0 Å². The van der Waals surface area contributed by atoms with Gasteiger partial charge in [0.05, 0.1) is 18.8 Å². The molecule has 0 saturated heterocycles. The molecule has 1 amide bonds. The summed E-state index contributed by atoms with van der Waals surface area (Å²) in [6.45, 7) is 6.83. The van der Waals surface area contributed by atoms with Crippen LogP contribution in [0.25, 0.3) is 5.65 Å². The predicted octanol–water partition coefficient (Wildman–Crippen LogP) is 3.36. The minimum Gasteiger partial charge on any atom is -0.444 e. The summed E-state index contributed by atoms with van der Waals surface area (Å²) in [5.41, 5.74) is 1.94. The third-order valence-corrected chi connectivity index (χ3v) is 4.45. The van der Waals surface area contributed by atoms with Crippen LogP contribution < -0.4 is 0 Å². The van der Waals surface area contributed by atoms with Crippen molar-refractivity contribution in [3.63, 3.8) is 0 Å². The first-order chi connectivity index (χ1) is 11.8. The summed E-state index contributed by atoms with van der Waals surface area (Å²) in [7, 11) is 0. The zero-order valence-corrected chi connectivity index (χ0v) is 15.2. The molecule has 0 unspecified atom stereocenters. The number of imidazole rings is 1.